The van der Waals surface area contributed by atoms with Gasteiger partial charge in [0.1, 0.15) is 11.4 Å². The highest BCUT2D eigenvalue weighted by Gasteiger charge is 2.49. The van der Waals surface area contributed by atoms with Crippen molar-refractivity contribution in [3.05, 3.63) is 99.0 Å². The van der Waals surface area contributed by atoms with Crippen LogP contribution in [0.4, 0.5) is 0 Å². The van der Waals surface area contributed by atoms with Crippen molar-refractivity contribution >= 4 is 45.0 Å². The highest BCUT2D eigenvalue weighted by atomic mass is 35.5. The zero-order valence-electron chi connectivity index (χ0n) is 26.3. The van der Waals surface area contributed by atoms with Crippen LogP contribution in [0.15, 0.2) is 66.7 Å². The molecule has 4 atom stereocenters. The van der Waals surface area contributed by atoms with E-state index in [0.29, 0.717) is 34.6 Å². The van der Waals surface area contributed by atoms with E-state index >= 15 is 0 Å². The average molecular weight is 689 g/mol. The van der Waals surface area contributed by atoms with Crippen LogP contribution >= 0.6 is 23.2 Å². The highest BCUT2D eigenvalue weighted by Crippen LogP contribution is 2.48. The summed E-state index contributed by atoms with van der Waals surface area (Å²) in [5.41, 5.74) is 4.51. The molecular weight excluding hydrogens is 649 g/mol. The topological polar surface area (TPSA) is 114 Å². The Kier molecular flexibility index (Phi) is 10.3. The smallest absolute Gasteiger partial charge is 0.255 e. The number of hydrogen-bond donors (Lipinski definition) is 2. The number of ether oxygens (including phenoxy) is 1. The number of hydrogen-bond acceptors (Lipinski definition) is 6. The first kappa shape index (κ1) is 34.2. The van der Waals surface area contributed by atoms with Gasteiger partial charge in [0.15, 0.2) is 0 Å². The van der Waals surface area contributed by atoms with E-state index in [1.807, 2.05) is 45.0 Å². The van der Waals surface area contributed by atoms with Crippen molar-refractivity contribution in [2.75, 3.05) is 6.26 Å². The van der Waals surface area contributed by atoms with Gasteiger partial charge in [-0.1, -0.05) is 72.4 Å². The van der Waals surface area contributed by atoms with Gasteiger partial charge in [0.05, 0.1) is 24.8 Å². The van der Waals surface area contributed by atoms with Crippen LogP contribution in [0.5, 0.6) is 5.75 Å². The summed E-state index contributed by atoms with van der Waals surface area (Å²) in [6.07, 6.45) is 3.79. The van der Waals surface area contributed by atoms with Gasteiger partial charge in [-0.25, -0.2) is 18.6 Å². The summed E-state index contributed by atoms with van der Waals surface area (Å²) in [5, 5.41) is 0.690. The van der Waals surface area contributed by atoms with Gasteiger partial charge in [-0.05, 0) is 80.6 Å². The molecule has 2 amide bonds. The molecule has 1 heterocycles. The van der Waals surface area contributed by atoms with Crippen molar-refractivity contribution in [1.82, 2.24) is 15.1 Å². The summed E-state index contributed by atoms with van der Waals surface area (Å²) in [6.45, 7) is 6.00. The molecular formula is C34H39Cl2N3O6S. The minimum Gasteiger partial charge on any atom is -0.488 e. The van der Waals surface area contributed by atoms with E-state index in [2.05, 4.69) is 10.2 Å². The van der Waals surface area contributed by atoms with Crippen LogP contribution in [0.2, 0.25) is 10.0 Å². The van der Waals surface area contributed by atoms with Gasteiger partial charge in [-0.2, -0.15) is 0 Å². The number of amides is 2. The van der Waals surface area contributed by atoms with E-state index in [4.69, 9.17) is 32.8 Å². The minimum atomic E-state index is -3.59. The molecule has 0 saturated heterocycles. The van der Waals surface area contributed by atoms with E-state index < -0.39 is 40.0 Å². The predicted molar refractivity (Wildman–Crippen MR) is 178 cm³/mol. The van der Waals surface area contributed by atoms with Crippen molar-refractivity contribution in [2.45, 2.75) is 82.7 Å². The molecule has 0 bridgehead atoms. The number of sulfonamides is 1. The summed E-state index contributed by atoms with van der Waals surface area (Å²) in [7, 11) is -3.59. The molecule has 9 nitrogen and oxygen atoms in total. The molecule has 1 saturated carbocycles. The second-order valence-electron chi connectivity index (χ2n) is 12.8. The maximum absolute atomic E-state index is 14.4. The fourth-order valence-electron chi connectivity index (χ4n) is 6.39. The highest BCUT2D eigenvalue weighted by molar-refractivity contribution is 7.88. The third-order valence-corrected chi connectivity index (χ3v) is 9.44. The fraction of sp³-hybridized carbons (Fsp3) is 0.412. The molecule has 46 heavy (non-hydrogen) atoms. The Morgan fingerprint density at radius 3 is 2.35 bits per heavy atom. The fourth-order valence-corrected chi connectivity index (χ4v) is 7.73. The number of nitrogens with one attached hydrogen (secondary N) is 2. The average Bonchev–Trinajstić information content (AvgIpc) is 2.97. The summed E-state index contributed by atoms with van der Waals surface area (Å²) in [4.78, 5) is 36.0. The lowest BCUT2D eigenvalue weighted by Gasteiger charge is -2.49. The Balaban J connectivity index is 1.50. The van der Waals surface area contributed by atoms with E-state index in [0.717, 1.165) is 30.4 Å². The largest absolute Gasteiger partial charge is 0.488 e. The molecule has 3 aromatic carbocycles. The van der Waals surface area contributed by atoms with Gasteiger partial charge in [0.25, 0.3) is 11.8 Å². The van der Waals surface area contributed by atoms with Gasteiger partial charge in [-0.3, -0.25) is 14.4 Å². The predicted octanol–water partition coefficient (Wildman–Crippen LogP) is 6.56. The van der Waals surface area contributed by atoms with Crippen molar-refractivity contribution in [3.63, 3.8) is 0 Å². The maximum Gasteiger partial charge on any atom is 0.255 e. The van der Waals surface area contributed by atoms with Crippen LogP contribution in [-0.4, -0.2) is 49.1 Å². The minimum absolute atomic E-state index is 0.0912. The number of benzene rings is 3. The van der Waals surface area contributed by atoms with Crippen LogP contribution in [0.1, 0.15) is 85.5 Å². The molecule has 0 radical (unpaired) electrons. The Hall–Kier alpha value is -3.15. The molecule has 246 valence electrons. The number of carbonyl (C=O) groups is 2. The monoisotopic (exact) mass is 687 g/mol. The molecule has 0 spiro atoms. The third kappa shape index (κ3) is 8.04. The van der Waals surface area contributed by atoms with Crippen molar-refractivity contribution < 1.29 is 27.6 Å². The van der Waals surface area contributed by atoms with Gasteiger partial charge < -0.3 is 9.64 Å². The Labute approximate surface area is 280 Å². The number of halogens is 2. The molecule has 12 heteroatoms. The zero-order chi connectivity index (χ0) is 33.2. The van der Waals surface area contributed by atoms with Crippen molar-refractivity contribution in [3.8, 4) is 5.75 Å². The number of nitrogens with zero attached hydrogens (tertiary/aromatic N) is 1. The van der Waals surface area contributed by atoms with E-state index in [1.165, 1.54) is 0 Å². The van der Waals surface area contributed by atoms with E-state index in [-0.39, 0.29) is 23.1 Å². The lowest BCUT2D eigenvalue weighted by molar-refractivity contribution is -0.138. The first-order valence-corrected chi connectivity index (χ1v) is 17.9. The second kappa shape index (κ2) is 13.9. The first-order valence-electron chi connectivity index (χ1n) is 15.3. The number of rotatable bonds is 9. The molecule has 2 N–H and O–H groups in total. The molecule has 1 fully saturated rings. The molecule has 1 aliphatic heterocycles. The number of fused-ring (bicyclic) bond motifs is 1. The Morgan fingerprint density at radius 1 is 0.978 bits per heavy atom. The van der Waals surface area contributed by atoms with Crippen LogP contribution in [0.25, 0.3) is 0 Å². The molecule has 2 aliphatic rings. The van der Waals surface area contributed by atoms with E-state index in [9.17, 15) is 18.0 Å². The second-order valence-corrected chi connectivity index (χ2v) is 15.5. The number of carbonyl (C=O) groups excluding carboxylic acids is 2. The van der Waals surface area contributed by atoms with Crippen molar-refractivity contribution in [2.24, 2.45) is 0 Å². The lowest BCUT2D eigenvalue weighted by Crippen LogP contribution is -2.59. The Bertz CT molecular complexity index is 1690. The van der Waals surface area contributed by atoms with Gasteiger partial charge >= 0.3 is 0 Å². The SMILES string of the molecule is CC(C)(C)Oc1ccc(CONC(=O)C2c3ccccc3C(=O)N(C3CCCCC3NS(C)(=O)=O)C2c2ccc(Cl)cc2Cl)cc1. The van der Waals surface area contributed by atoms with Gasteiger partial charge in [0, 0.05) is 27.7 Å². The van der Waals surface area contributed by atoms with Gasteiger partial charge in [-0.15, -0.1) is 0 Å². The Morgan fingerprint density at radius 2 is 1.67 bits per heavy atom. The molecule has 1 aliphatic carbocycles. The standard InChI is InChI=1S/C34H39Cl2N3O6S/c1-34(2,3)45-23-16-13-21(14-17-23)20-44-37-32(40)30-24-9-5-6-10-25(24)33(41)39(31(30)26-18-15-22(35)19-27(26)36)29-12-8-7-11-28(29)38-46(4,42)43/h5-6,9-10,13-19,28-31,38H,7-8,11-12,20H2,1-4H3,(H,37,40). The third-order valence-electron chi connectivity index (χ3n) is 8.15. The lowest BCUT2D eigenvalue weighted by atomic mass is 9.76. The van der Waals surface area contributed by atoms with Crippen LogP contribution in [0.3, 0.4) is 0 Å². The van der Waals surface area contributed by atoms with Crippen LogP contribution in [-0.2, 0) is 26.3 Å². The molecule has 0 aromatic heterocycles. The quantitative estimate of drug-likeness (QED) is 0.246. The summed E-state index contributed by atoms with van der Waals surface area (Å²) < 4.78 is 33.4. The molecule has 4 unspecified atom stereocenters. The summed E-state index contributed by atoms with van der Waals surface area (Å²) in [5.74, 6) is -0.993. The maximum atomic E-state index is 14.4. The van der Waals surface area contributed by atoms with Crippen molar-refractivity contribution in [1.29, 1.82) is 0 Å². The van der Waals surface area contributed by atoms with E-state index in [1.54, 1.807) is 47.4 Å². The first-order chi connectivity index (χ1) is 21.7. The number of hydroxylamine groups is 1. The summed E-state index contributed by atoms with van der Waals surface area (Å²) >= 11 is 13.0. The normalized spacial score (nSPS) is 21.9. The van der Waals surface area contributed by atoms with Crippen LogP contribution < -0.4 is 14.9 Å². The molecule has 5 rings (SSSR count). The zero-order valence-corrected chi connectivity index (χ0v) is 28.6. The van der Waals surface area contributed by atoms with Gasteiger partial charge in [0.2, 0.25) is 10.0 Å². The van der Waals surface area contributed by atoms with Crippen LogP contribution in [0, 0.1) is 0 Å². The molecule has 3 aromatic rings. The summed E-state index contributed by atoms with van der Waals surface area (Å²) in [6, 6.07) is 17.4.